The molecule has 0 radical (unpaired) electrons. The standard InChI is InChI=1S/C31H44FN5O3.3ClH/c1-20-14-36(26(13-33-20)16-35-15-22(3)40-18-21(35)2)17-28(38)37-19-31(4,5)29-27(37)12-24(30(39)34(29)6)11-23-7-9-25(32)10-8-23;;;/h7-10,12,20-22,26,33H,11,13-19H2,1-6H3;3*1H/t20-,21-,22+,26-;;;/m1.../s1. The summed E-state index contributed by atoms with van der Waals surface area (Å²) in [6.45, 7) is 15.7. The third-order valence-corrected chi connectivity index (χ3v) is 8.81. The lowest BCUT2D eigenvalue weighted by molar-refractivity contribution is -0.121. The number of halogens is 4. The lowest BCUT2D eigenvalue weighted by Crippen LogP contribution is -2.62. The minimum absolute atomic E-state index is 0. The molecule has 0 saturated carbocycles. The van der Waals surface area contributed by atoms with E-state index in [1.54, 1.807) is 23.7 Å². The summed E-state index contributed by atoms with van der Waals surface area (Å²) in [6.07, 6.45) is 0.594. The lowest BCUT2D eigenvalue weighted by atomic mass is 9.90. The highest BCUT2D eigenvalue weighted by atomic mass is 35.5. The van der Waals surface area contributed by atoms with Gasteiger partial charge >= 0.3 is 0 Å². The van der Waals surface area contributed by atoms with E-state index < -0.39 is 0 Å². The summed E-state index contributed by atoms with van der Waals surface area (Å²) in [5, 5.41) is 3.61. The van der Waals surface area contributed by atoms with Crippen LogP contribution in [0.3, 0.4) is 0 Å². The summed E-state index contributed by atoms with van der Waals surface area (Å²) in [5.41, 5.74) is 2.73. The molecule has 2 aromatic rings. The molecule has 1 N–H and O–H groups in total. The van der Waals surface area contributed by atoms with Crippen LogP contribution in [0.2, 0.25) is 0 Å². The SMILES string of the molecule is C[C@@H]1CN(CC(=O)N2CC(C)(C)c3c2cc(Cc2ccc(F)cc2)c(=O)n3C)[C@@H](CN2C[C@H](C)OC[C@H]2C)CN1.Cl.Cl.Cl. The highest BCUT2D eigenvalue weighted by molar-refractivity contribution is 5.97. The molecule has 3 aliphatic heterocycles. The first-order valence-corrected chi connectivity index (χ1v) is 14.5. The van der Waals surface area contributed by atoms with Crippen LogP contribution in [-0.4, -0.2) is 90.4 Å². The molecule has 1 aromatic carbocycles. The Kier molecular flexibility index (Phi) is 13.1. The smallest absolute Gasteiger partial charge is 0.254 e. The van der Waals surface area contributed by atoms with Gasteiger partial charge in [-0.25, -0.2) is 4.39 Å². The van der Waals surface area contributed by atoms with Gasteiger partial charge in [-0.15, -0.1) is 37.2 Å². The molecular weight excluding hydrogens is 616 g/mol. The van der Waals surface area contributed by atoms with Gasteiger partial charge in [-0.3, -0.25) is 19.4 Å². The number of pyridine rings is 1. The normalized spacial score (nSPS) is 25.2. The molecule has 3 aliphatic rings. The molecule has 1 aromatic heterocycles. The van der Waals surface area contributed by atoms with Gasteiger partial charge in [-0.2, -0.15) is 0 Å². The van der Waals surface area contributed by atoms with Crippen molar-refractivity contribution in [3.05, 3.63) is 63.3 Å². The monoisotopic (exact) mass is 661 g/mol. The van der Waals surface area contributed by atoms with Crippen LogP contribution in [0.1, 0.15) is 51.4 Å². The third kappa shape index (κ3) is 8.12. The van der Waals surface area contributed by atoms with Gasteiger partial charge in [0.2, 0.25) is 5.91 Å². The number of amides is 1. The molecule has 242 valence electrons. The van der Waals surface area contributed by atoms with Gasteiger partial charge in [0.25, 0.3) is 5.56 Å². The van der Waals surface area contributed by atoms with E-state index >= 15 is 0 Å². The van der Waals surface area contributed by atoms with Crippen molar-refractivity contribution in [2.24, 2.45) is 7.05 Å². The van der Waals surface area contributed by atoms with Crippen LogP contribution in [-0.2, 0) is 28.4 Å². The summed E-state index contributed by atoms with van der Waals surface area (Å²) in [7, 11) is 1.80. The van der Waals surface area contributed by atoms with Crippen molar-refractivity contribution in [3.63, 3.8) is 0 Å². The van der Waals surface area contributed by atoms with Crippen molar-refractivity contribution >= 4 is 48.8 Å². The quantitative estimate of drug-likeness (QED) is 0.508. The summed E-state index contributed by atoms with van der Waals surface area (Å²) in [4.78, 5) is 34.1. The molecular formula is C31H47Cl3FN5O3. The van der Waals surface area contributed by atoms with Crippen LogP contribution in [0.15, 0.2) is 35.1 Å². The van der Waals surface area contributed by atoms with Crippen LogP contribution in [0.5, 0.6) is 0 Å². The van der Waals surface area contributed by atoms with Crippen molar-refractivity contribution in [1.82, 2.24) is 19.7 Å². The summed E-state index contributed by atoms with van der Waals surface area (Å²) < 4.78 is 21.0. The minimum Gasteiger partial charge on any atom is -0.376 e. The Morgan fingerprint density at radius 1 is 1.07 bits per heavy atom. The average molecular weight is 663 g/mol. The van der Waals surface area contributed by atoms with Crippen molar-refractivity contribution in [2.75, 3.05) is 50.8 Å². The van der Waals surface area contributed by atoms with Crippen LogP contribution in [0.4, 0.5) is 10.1 Å². The first-order valence-electron chi connectivity index (χ1n) is 14.5. The number of anilines is 1. The van der Waals surface area contributed by atoms with Gasteiger partial charge in [0.05, 0.1) is 30.6 Å². The number of benzene rings is 1. The van der Waals surface area contributed by atoms with E-state index in [4.69, 9.17) is 4.74 Å². The van der Waals surface area contributed by atoms with Crippen molar-refractivity contribution in [1.29, 1.82) is 0 Å². The van der Waals surface area contributed by atoms with E-state index in [0.717, 1.165) is 49.7 Å². The van der Waals surface area contributed by atoms with Crippen molar-refractivity contribution < 1.29 is 13.9 Å². The van der Waals surface area contributed by atoms with Crippen molar-refractivity contribution in [3.8, 4) is 0 Å². The number of hydrogen-bond acceptors (Lipinski definition) is 6. The lowest BCUT2D eigenvalue weighted by Gasteiger charge is -2.44. The Hall–Kier alpha value is -1.72. The number of fused-ring (bicyclic) bond motifs is 1. The van der Waals surface area contributed by atoms with Gasteiger partial charge < -0.3 is 19.5 Å². The Balaban J connectivity index is 0.00000215. The molecule has 2 fully saturated rings. The number of hydrogen-bond donors (Lipinski definition) is 1. The first kappa shape index (κ1) is 37.5. The zero-order chi connectivity index (χ0) is 28.8. The van der Waals surface area contributed by atoms with Gasteiger partial charge in [-0.1, -0.05) is 26.0 Å². The molecule has 12 heteroatoms. The van der Waals surface area contributed by atoms with Crippen LogP contribution in [0, 0.1) is 5.82 Å². The number of nitrogens with one attached hydrogen (secondary N) is 1. The highest BCUT2D eigenvalue weighted by Crippen LogP contribution is 2.40. The Morgan fingerprint density at radius 2 is 1.74 bits per heavy atom. The molecule has 0 spiro atoms. The third-order valence-electron chi connectivity index (χ3n) is 8.81. The number of aromatic nitrogens is 1. The fourth-order valence-corrected chi connectivity index (χ4v) is 6.68. The van der Waals surface area contributed by atoms with Gasteiger partial charge in [0, 0.05) is 75.3 Å². The summed E-state index contributed by atoms with van der Waals surface area (Å²) >= 11 is 0. The highest BCUT2D eigenvalue weighted by Gasteiger charge is 2.42. The van der Waals surface area contributed by atoms with Gasteiger partial charge in [-0.05, 0) is 44.5 Å². The first-order chi connectivity index (χ1) is 18.9. The number of carbonyl (C=O) groups is 1. The second kappa shape index (κ2) is 15.0. The molecule has 4 heterocycles. The number of morpholine rings is 1. The maximum Gasteiger partial charge on any atom is 0.254 e. The molecule has 4 atom stereocenters. The fraction of sp³-hybridized carbons (Fsp3) is 0.613. The summed E-state index contributed by atoms with van der Waals surface area (Å²) in [5.74, 6) is -0.247. The van der Waals surface area contributed by atoms with E-state index in [9.17, 15) is 14.0 Å². The predicted molar refractivity (Wildman–Crippen MR) is 177 cm³/mol. The van der Waals surface area contributed by atoms with Gasteiger partial charge in [0.15, 0.2) is 0 Å². The molecule has 8 nitrogen and oxygen atoms in total. The van der Waals surface area contributed by atoms with Crippen LogP contribution >= 0.6 is 37.2 Å². The topological polar surface area (TPSA) is 70.1 Å². The molecule has 0 unspecified atom stereocenters. The van der Waals surface area contributed by atoms with E-state index in [1.807, 2.05) is 11.0 Å². The molecule has 0 bridgehead atoms. The Morgan fingerprint density at radius 3 is 2.42 bits per heavy atom. The minimum atomic E-state index is -0.358. The Labute approximate surface area is 273 Å². The largest absolute Gasteiger partial charge is 0.376 e. The average Bonchev–Trinajstić information content (AvgIpc) is 3.17. The second-order valence-electron chi connectivity index (χ2n) is 12.8. The number of ether oxygens (including phenoxy) is 1. The van der Waals surface area contributed by atoms with Gasteiger partial charge in [0.1, 0.15) is 5.82 Å². The number of carbonyl (C=O) groups excluding carboxylic acids is 1. The summed E-state index contributed by atoms with van der Waals surface area (Å²) in [6, 6.07) is 8.99. The zero-order valence-corrected chi connectivity index (χ0v) is 28.4. The number of nitrogens with zero attached hydrogens (tertiary/aromatic N) is 4. The molecule has 5 rings (SSSR count). The number of rotatable bonds is 6. The predicted octanol–water partition coefficient (Wildman–Crippen LogP) is 3.78. The maximum absolute atomic E-state index is 14.0. The molecule has 43 heavy (non-hydrogen) atoms. The Bertz CT molecular complexity index is 1310. The van der Waals surface area contributed by atoms with E-state index in [2.05, 4.69) is 49.7 Å². The van der Waals surface area contributed by atoms with E-state index in [1.165, 1.54) is 12.1 Å². The van der Waals surface area contributed by atoms with E-state index in [0.29, 0.717) is 37.2 Å². The molecule has 2 saturated heterocycles. The van der Waals surface area contributed by atoms with Crippen LogP contribution < -0.4 is 15.8 Å². The van der Waals surface area contributed by atoms with E-state index in [-0.39, 0.29) is 72.1 Å². The zero-order valence-electron chi connectivity index (χ0n) is 26.0. The molecule has 0 aliphatic carbocycles. The second-order valence-corrected chi connectivity index (χ2v) is 12.8. The van der Waals surface area contributed by atoms with Crippen LogP contribution in [0.25, 0.3) is 0 Å². The molecule has 1 amide bonds. The van der Waals surface area contributed by atoms with Crippen molar-refractivity contribution in [2.45, 2.75) is 70.7 Å². The number of piperazine rings is 1. The fourth-order valence-electron chi connectivity index (χ4n) is 6.68. The maximum atomic E-state index is 14.0.